The van der Waals surface area contributed by atoms with E-state index in [2.05, 4.69) is 0 Å². The van der Waals surface area contributed by atoms with Gasteiger partial charge in [0.25, 0.3) is 0 Å². The Kier molecular flexibility index (Phi) is 5.04. The number of anilines is 2. The zero-order valence-corrected chi connectivity index (χ0v) is 13.2. The Morgan fingerprint density at radius 3 is 1.43 bits per heavy atom. The highest BCUT2D eigenvalue weighted by molar-refractivity contribution is 6.05. The summed E-state index contributed by atoms with van der Waals surface area (Å²) in [4.78, 5) is 0. The second kappa shape index (κ2) is 6.99. The highest BCUT2D eigenvalue weighted by atomic mass is 35.5. The molecule has 0 fully saturated rings. The van der Waals surface area contributed by atoms with Gasteiger partial charge < -0.3 is 23.9 Å². The molecule has 0 amide bonds. The van der Waals surface area contributed by atoms with Crippen molar-refractivity contribution in [2.75, 3.05) is 11.5 Å². The summed E-state index contributed by atoms with van der Waals surface area (Å²) in [6.07, 6.45) is 7.17. The van der Waals surface area contributed by atoms with Crippen molar-refractivity contribution in [1.82, 2.24) is 5.41 Å². The summed E-state index contributed by atoms with van der Waals surface area (Å²) in [5.74, 6) is 0. The van der Waals surface area contributed by atoms with Crippen LogP contribution >= 0.6 is 0 Å². The topological polar surface area (TPSA) is 74.3 Å². The lowest BCUT2D eigenvalue weighted by atomic mass is 9.90. The first-order valence-corrected chi connectivity index (χ1v) is 7.02. The minimum atomic E-state index is 0. The van der Waals surface area contributed by atoms with Gasteiger partial charge in [-0.3, -0.25) is 0 Å². The number of hydrogen-bond acceptors (Lipinski definition) is 2. The van der Waals surface area contributed by atoms with Gasteiger partial charge in [-0.1, -0.05) is 24.3 Å². The van der Waals surface area contributed by atoms with Crippen molar-refractivity contribution in [3.05, 3.63) is 89.5 Å². The maximum atomic E-state index is 9.51. The van der Waals surface area contributed by atoms with Crippen LogP contribution in [0.4, 0.5) is 11.4 Å². The number of allylic oxidation sites excluding steroid dienone is 5. The highest BCUT2D eigenvalue weighted by Crippen LogP contribution is 2.30. The van der Waals surface area contributed by atoms with Crippen LogP contribution in [0.5, 0.6) is 0 Å². The quantitative estimate of drug-likeness (QED) is 0.766. The van der Waals surface area contributed by atoms with Crippen molar-refractivity contribution in [3.63, 3.8) is 0 Å². The Balaban J connectivity index is 0.00000192. The first-order valence-electron chi connectivity index (χ1n) is 7.02. The molecule has 1 aliphatic rings. The molecule has 3 nitrogen and oxygen atoms in total. The summed E-state index contributed by atoms with van der Waals surface area (Å²) in [5, 5.41) is 9.51. The lowest BCUT2D eigenvalue weighted by Crippen LogP contribution is -3.00. The first kappa shape index (κ1) is 16.6. The van der Waals surface area contributed by atoms with Crippen molar-refractivity contribution >= 4 is 22.7 Å². The molecule has 0 saturated carbocycles. The molecule has 23 heavy (non-hydrogen) atoms. The molecule has 1 aliphatic carbocycles. The van der Waals surface area contributed by atoms with Crippen LogP contribution < -0.4 is 29.3 Å². The monoisotopic (exact) mass is 321 g/mol. The van der Waals surface area contributed by atoms with Crippen molar-refractivity contribution in [3.8, 4) is 0 Å². The molecule has 4 N–H and O–H groups in total. The number of nitrogens with zero attached hydrogens (tertiary/aromatic N) is 1. The molecule has 0 heterocycles. The Morgan fingerprint density at radius 1 is 0.652 bits per heavy atom. The number of benzene rings is 2. The molecule has 4 heteroatoms. The summed E-state index contributed by atoms with van der Waals surface area (Å²) in [6.45, 7) is 0. The normalized spacial score (nSPS) is 12.9. The zero-order chi connectivity index (χ0) is 15.5. The van der Waals surface area contributed by atoms with Gasteiger partial charge in [-0.15, -0.1) is 0 Å². The fourth-order valence-electron chi connectivity index (χ4n) is 2.43. The molecule has 0 aromatic heterocycles. The zero-order valence-electron chi connectivity index (χ0n) is 12.4. The van der Waals surface area contributed by atoms with E-state index >= 15 is 0 Å². The van der Waals surface area contributed by atoms with Crippen molar-refractivity contribution in [1.29, 1.82) is 0 Å². The largest absolute Gasteiger partial charge is 1.00 e. The lowest BCUT2D eigenvalue weighted by Gasteiger charge is -2.13. The average Bonchev–Trinajstić information content (AvgIpc) is 2.53. The van der Waals surface area contributed by atoms with Crippen LogP contribution in [0, 0.1) is 0 Å². The fraction of sp³-hybridized carbons (Fsp3) is 0. The Morgan fingerprint density at radius 2 is 1.04 bits per heavy atom. The second-order valence-corrected chi connectivity index (χ2v) is 5.17. The Labute approximate surface area is 141 Å². The summed E-state index contributed by atoms with van der Waals surface area (Å²) in [7, 11) is 0. The van der Waals surface area contributed by atoms with Gasteiger partial charge in [0.1, 0.15) is 0 Å². The van der Waals surface area contributed by atoms with E-state index in [1.165, 1.54) is 0 Å². The maximum Gasteiger partial charge on any atom is 0.428 e. The van der Waals surface area contributed by atoms with Crippen molar-refractivity contribution in [2.45, 2.75) is 0 Å². The van der Waals surface area contributed by atoms with Gasteiger partial charge in [-0.2, -0.15) is 0 Å². The molecule has 0 unspecified atom stereocenters. The van der Waals surface area contributed by atoms with E-state index in [0.29, 0.717) is 0 Å². The average molecular weight is 322 g/mol. The summed E-state index contributed by atoms with van der Waals surface area (Å²) in [5.41, 5.74) is 17.5. The molecule has 0 saturated heterocycles. The van der Waals surface area contributed by atoms with E-state index in [4.69, 9.17) is 11.5 Å². The van der Waals surface area contributed by atoms with E-state index in [1.807, 2.05) is 60.7 Å². The highest BCUT2D eigenvalue weighted by Gasteiger charge is 2.13. The third kappa shape index (κ3) is 3.71. The summed E-state index contributed by atoms with van der Waals surface area (Å²) in [6, 6.07) is 15.5. The van der Waals surface area contributed by atoms with E-state index in [0.717, 1.165) is 33.6 Å². The molecule has 0 bridgehead atoms. The minimum absolute atomic E-state index is 0. The molecule has 0 aliphatic heterocycles. The minimum Gasteiger partial charge on any atom is -1.00 e. The molecule has 2 radical (unpaired) electrons. The van der Waals surface area contributed by atoms with Gasteiger partial charge in [0.15, 0.2) is 0 Å². The van der Waals surface area contributed by atoms with Crippen molar-refractivity contribution < 1.29 is 12.4 Å². The van der Waals surface area contributed by atoms with Crippen molar-refractivity contribution in [2.24, 2.45) is 0 Å². The SMILES string of the molecule is [Cl-].[N+]=C1C=CC(=C(c2ccc(N)cc2)c2ccc(N)cc2)C=C1. The predicted octanol–water partition coefficient (Wildman–Crippen LogP) is 0.0240. The number of hydrogen-bond donors (Lipinski definition) is 2. The van der Waals surface area contributed by atoms with Crippen LogP contribution in [0.25, 0.3) is 5.57 Å². The van der Waals surface area contributed by atoms with E-state index in [-0.39, 0.29) is 18.1 Å². The summed E-state index contributed by atoms with van der Waals surface area (Å²) >= 11 is 0. The molecule has 2 aromatic rings. The third-order valence-electron chi connectivity index (χ3n) is 3.55. The molecule has 3 rings (SSSR count). The van der Waals surface area contributed by atoms with E-state index < -0.39 is 0 Å². The standard InChI is InChI=1S/C19H16N3.ClH/c20-16-7-1-13(2-8-16)19(14-3-9-17(21)10-4-14)15-5-11-18(22)12-6-15;/h1-12H,20-21H2;1H/q+1;/p-1. The van der Waals surface area contributed by atoms with Crippen LogP contribution in [0.3, 0.4) is 0 Å². The van der Waals surface area contributed by atoms with Crippen LogP contribution in [-0.4, -0.2) is 5.71 Å². The number of nitrogen functional groups attached to an aromatic ring is 2. The van der Waals surface area contributed by atoms with Gasteiger partial charge in [-0.25, -0.2) is 0 Å². The lowest BCUT2D eigenvalue weighted by molar-refractivity contribution is -0.00000447. The molecule has 0 spiro atoms. The molecule has 2 aromatic carbocycles. The Bertz CT molecular complexity index is 732. The smallest absolute Gasteiger partial charge is 0.428 e. The Hall–Kier alpha value is -2.78. The molecular weight excluding hydrogens is 306 g/mol. The third-order valence-corrected chi connectivity index (χ3v) is 3.55. The first-order chi connectivity index (χ1) is 10.6. The van der Waals surface area contributed by atoms with Crippen LogP contribution in [0.2, 0.25) is 0 Å². The van der Waals surface area contributed by atoms with Gasteiger partial charge in [0.2, 0.25) is 0 Å². The molecule has 114 valence electrons. The van der Waals surface area contributed by atoms with Crippen LogP contribution in [0.15, 0.2) is 78.4 Å². The predicted molar refractivity (Wildman–Crippen MR) is 93.2 cm³/mol. The number of rotatable bonds is 2. The van der Waals surface area contributed by atoms with Gasteiger partial charge in [0.05, 0.1) is 0 Å². The number of nitrogens with two attached hydrogens (primary N) is 2. The van der Waals surface area contributed by atoms with E-state index in [9.17, 15) is 5.41 Å². The molecule has 0 atom stereocenters. The maximum absolute atomic E-state index is 9.51. The van der Waals surface area contributed by atoms with Gasteiger partial charge >= 0.3 is 11.1 Å². The second-order valence-electron chi connectivity index (χ2n) is 5.17. The fourth-order valence-corrected chi connectivity index (χ4v) is 2.43. The van der Waals surface area contributed by atoms with Gasteiger partial charge in [-0.05, 0) is 58.7 Å². The number of halogens is 1. The van der Waals surface area contributed by atoms with Crippen LogP contribution in [-0.2, 0) is 0 Å². The summed E-state index contributed by atoms with van der Waals surface area (Å²) < 4.78 is 0. The van der Waals surface area contributed by atoms with Crippen LogP contribution in [0.1, 0.15) is 11.1 Å². The van der Waals surface area contributed by atoms with Gasteiger partial charge in [0, 0.05) is 23.5 Å². The molecular formula is C19H16ClN3. The van der Waals surface area contributed by atoms with E-state index in [1.54, 1.807) is 12.2 Å².